The fourth-order valence-electron chi connectivity index (χ4n) is 2.48. The molecule has 1 unspecified atom stereocenters. The number of carbonyl (C=O) groups excluding carboxylic acids is 1. The number of hydrogen-bond acceptors (Lipinski definition) is 2. The van der Waals surface area contributed by atoms with Crippen molar-refractivity contribution in [3.8, 4) is 0 Å². The van der Waals surface area contributed by atoms with Gasteiger partial charge in [-0.25, -0.2) is 0 Å². The van der Waals surface area contributed by atoms with Crippen LogP contribution in [0.2, 0.25) is 0 Å². The van der Waals surface area contributed by atoms with Crippen molar-refractivity contribution >= 4 is 5.91 Å². The van der Waals surface area contributed by atoms with Gasteiger partial charge in [0.1, 0.15) is 0 Å². The van der Waals surface area contributed by atoms with E-state index in [1.165, 1.54) is 0 Å². The van der Waals surface area contributed by atoms with Crippen molar-refractivity contribution in [1.82, 2.24) is 10.6 Å². The molecule has 0 aliphatic carbocycles. The van der Waals surface area contributed by atoms with Crippen LogP contribution in [0, 0.1) is 11.3 Å². The highest BCUT2D eigenvalue weighted by atomic mass is 16.2. The van der Waals surface area contributed by atoms with E-state index in [-0.39, 0.29) is 11.3 Å². The SMILES string of the molecule is CCC(CC)NC(=O)C1(C(C)C)CCNC1. The van der Waals surface area contributed by atoms with Crippen LogP contribution >= 0.6 is 0 Å². The van der Waals surface area contributed by atoms with Crippen molar-refractivity contribution in [2.75, 3.05) is 13.1 Å². The summed E-state index contributed by atoms with van der Waals surface area (Å²) >= 11 is 0. The maximum Gasteiger partial charge on any atom is 0.228 e. The molecule has 0 aromatic carbocycles. The molecule has 1 rings (SSSR count). The molecule has 3 heteroatoms. The molecule has 0 radical (unpaired) electrons. The highest BCUT2D eigenvalue weighted by Gasteiger charge is 2.44. The molecule has 1 fully saturated rings. The topological polar surface area (TPSA) is 41.1 Å². The smallest absolute Gasteiger partial charge is 0.228 e. The van der Waals surface area contributed by atoms with E-state index in [1.807, 2.05) is 0 Å². The van der Waals surface area contributed by atoms with Gasteiger partial charge in [-0.3, -0.25) is 4.79 Å². The van der Waals surface area contributed by atoms with E-state index in [1.54, 1.807) is 0 Å². The predicted molar refractivity (Wildman–Crippen MR) is 67.3 cm³/mol. The number of carbonyl (C=O) groups is 1. The Bertz CT molecular complexity index is 228. The van der Waals surface area contributed by atoms with E-state index in [4.69, 9.17) is 0 Å². The quantitative estimate of drug-likeness (QED) is 0.752. The minimum atomic E-state index is -0.178. The number of rotatable bonds is 5. The van der Waals surface area contributed by atoms with Gasteiger partial charge in [-0.05, 0) is 31.7 Å². The van der Waals surface area contributed by atoms with Crippen LogP contribution in [0.25, 0.3) is 0 Å². The lowest BCUT2D eigenvalue weighted by molar-refractivity contribution is -0.133. The number of amides is 1. The van der Waals surface area contributed by atoms with Crippen LogP contribution in [-0.2, 0) is 4.79 Å². The van der Waals surface area contributed by atoms with Crippen molar-refractivity contribution in [3.05, 3.63) is 0 Å². The summed E-state index contributed by atoms with van der Waals surface area (Å²) in [5.41, 5.74) is -0.178. The van der Waals surface area contributed by atoms with Crippen molar-refractivity contribution in [3.63, 3.8) is 0 Å². The Morgan fingerprint density at radius 1 is 1.38 bits per heavy atom. The van der Waals surface area contributed by atoms with Crippen molar-refractivity contribution in [2.45, 2.75) is 53.0 Å². The zero-order chi connectivity index (χ0) is 12.2. The molecule has 1 heterocycles. The lowest BCUT2D eigenvalue weighted by atomic mass is 9.75. The third-order valence-corrected chi connectivity index (χ3v) is 4.07. The van der Waals surface area contributed by atoms with E-state index in [0.29, 0.717) is 12.0 Å². The summed E-state index contributed by atoms with van der Waals surface area (Å²) in [5.74, 6) is 0.651. The lowest BCUT2D eigenvalue weighted by Crippen LogP contribution is -2.49. The molecule has 0 aromatic heterocycles. The van der Waals surface area contributed by atoms with E-state index < -0.39 is 0 Å². The van der Waals surface area contributed by atoms with Gasteiger partial charge in [0.05, 0.1) is 5.41 Å². The van der Waals surface area contributed by atoms with Gasteiger partial charge in [0.15, 0.2) is 0 Å². The molecule has 16 heavy (non-hydrogen) atoms. The Morgan fingerprint density at radius 2 is 2.00 bits per heavy atom. The normalized spacial score (nSPS) is 25.4. The maximum atomic E-state index is 12.4. The van der Waals surface area contributed by atoms with Crippen molar-refractivity contribution < 1.29 is 4.79 Å². The average Bonchev–Trinajstić information content (AvgIpc) is 2.75. The van der Waals surface area contributed by atoms with Crippen LogP contribution in [-0.4, -0.2) is 25.0 Å². The van der Waals surface area contributed by atoms with Gasteiger partial charge in [-0.2, -0.15) is 0 Å². The molecule has 1 atom stereocenters. The molecule has 0 aromatic rings. The zero-order valence-corrected chi connectivity index (χ0v) is 11.1. The molecule has 1 aliphatic rings. The standard InChI is InChI=1S/C13H26N2O/c1-5-11(6-2)15-12(16)13(10(3)4)7-8-14-9-13/h10-11,14H,5-9H2,1-4H3,(H,15,16). The van der Waals surface area contributed by atoms with E-state index in [0.717, 1.165) is 32.4 Å². The van der Waals surface area contributed by atoms with Gasteiger partial charge in [-0.15, -0.1) is 0 Å². The summed E-state index contributed by atoms with van der Waals surface area (Å²) in [5, 5.41) is 6.53. The van der Waals surface area contributed by atoms with Crippen LogP contribution in [0.5, 0.6) is 0 Å². The molecule has 0 saturated carbocycles. The van der Waals surface area contributed by atoms with E-state index in [9.17, 15) is 4.79 Å². The molecule has 0 bridgehead atoms. The van der Waals surface area contributed by atoms with Gasteiger partial charge in [-0.1, -0.05) is 27.7 Å². The monoisotopic (exact) mass is 226 g/mol. The van der Waals surface area contributed by atoms with Crippen LogP contribution in [0.4, 0.5) is 0 Å². The molecule has 1 aliphatic heterocycles. The van der Waals surface area contributed by atoms with E-state index in [2.05, 4.69) is 38.3 Å². The second kappa shape index (κ2) is 5.67. The van der Waals surface area contributed by atoms with Crippen molar-refractivity contribution in [1.29, 1.82) is 0 Å². The Kier molecular flexibility index (Phi) is 4.78. The summed E-state index contributed by atoms with van der Waals surface area (Å²) in [6.07, 6.45) is 3.00. The summed E-state index contributed by atoms with van der Waals surface area (Å²) < 4.78 is 0. The summed E-state index contributed by atoms with van der Waals surface area (Å²) in [6.45, 7) is 10.4. The van der Waals surface area contributed by atoms with E-state index >= 15 is 0 Å². The third-order valence-electron chi connectivity index (χ3n) is 4.07. The number of nitrogens with one attached hydrogen (secondary N) is 2. The zero-order valence-electron chi connectivity index (χ0n) is 11.1. The van der Waals surface area contributed by atoms with Gasteiger partial charge >= 0.3 is 0 Å². The van der Waals surface area contributed by atoms with Crippen LogP contribution in [0.15, 0.2) is 0 Å². The van der Waals surface area contributed by atoms with Crippen LogP contribution in [0.3, 0.4) is 0 Å². The largest absolute Gasteiger partial charge is 0.353 e. The van der Waals surface area contributed by atoms with Gasteiger partial charge in [0.25, 0.3) is 0 Å². The summed E-state index contributed by atoms with van der Waals surface area (Å²) in [7, 11) is 0. The first-order valence-corrected chi connectivity index (χ1v) is 6.58. The second-order valence-corrected chi connectivity index (χ2v) is 5.22. The molecular formula is C13H26N2O. The first-order valence-electron chi connectivity index (χ1n) is 6.58. The number of hydrogen-bond donors (Lipinski definition) is 2. The summed E-state index contributed by atoms with van der Waals surface area (Å²) in [4.78, 5) is 12.4. The first-order chi connectivity index (χ1) is 7.56. The molecule has 94 valence electrons. The Morgan fingerprint density at radius 3 is 2.38 bits per heavy atom. The van der Waals surface area contributed by atoms with Gasteiger partial charge < -0.3 is 10.6 Å². The highest BCUT2D eigenvalue weighted by Crippen LogP contribution is 2.34. The molecule has 0 spiro atoms. The Hall–Kier alpha value is -0.570. The molecular weight excluding hydrogens is 200 g/mol. The van der Waals surface area contributed by atoms with Gasteiger partial charge in [0.2, 0.25) is 5.91 Å². The lowest BCUT2D eigenvalue weighted by Gasteiger charge is -2.32. The minimum absolute atomic E-state index is 0.178. The molecule has 1 amide bonds. The minimum Gasteiger partial charge on any atom is -0.353 e. The Balaban J connectivity index is 2.69. The Labute approximate surface area is 99.4 Å². The summed E-state index contributed by atoms with van der Waals surface area (Å²) in [6, 6.07) is 0.337. The fourth-order valence-corrected chi connectivity index (χ4v) is 2.48. The van der Waals surface area contributed by atoms with Crippen LogP contribution < -0.4 is 10.6 Å². The highest BCUT2D eigenvalue weighted by molar-refractivity contribution is 5.83. The average molecular weight is 226 g/mol. The van der Waals surface area contributed by atoms with Crippen molar-refractivity contribution in [2.24, 2.45) is 11.3 Å². The third kappa shape index (κ3) is 2.57. The maximum absolute atomic E-state index is 12.4. The molecule has 3 nitrogen and oxygen atoms in total. The second-order valence-electron chi connectivity index (χ2n) is 5.22. The van der Waals surface area contributed by atoms with Crippen LogP contribution in [0.1, 0.15) is 47.0 Å². The molecule has 1 saturated heterocycles. The fraction of sp³-hybridized carbons (Fsp3) is 0.923. The first kappa shape index (κ1) is 13.5. The predicted octanol–water partition coefficient (Wildman–Crippen LogP) is 1.93. The van der Waals surface area contributed by atoms with Gasteiger partial charge in [0, 0.05) is 12.6 Å². The molecule has 2 N–H and O–H groups in total.